The molecular weight excluding hydrogens is 320 g/mol. The zero-order valence-corrected chi connectivity index (χ0v) is 14.2. The summed E-state index contributed by atoms with van der Waals surface area (Å²) in [5, 5.41) is 0.852. The first-order valence-corrected chi connectivity index (χ1v) is 8.22. The van der Waals surface area contributed by atoms with Crippen molar-refractivity contribution in [3.8, 4) is 5.75 Å². The van der Waals surface area contributed by atoms with E-state index < -0.39 is 0 Å². The number of nitrogens with one attached hydrogen (secondary N) is 2. The molecule has 3 heterocycles. The molecule has 2 N–H and O–H groups in total. The molecule has 0 aliphatic carbocycles. The largest absolute Gasteiger partial charge is 0.497 e. The number of nitrogens with zero attached hydrogens (tertiary/aromatic N) is 2. The van der Waals surface area contributed by atoms with E-state index in [1.165, 1.54) is 0 Å². The Bertz CT molecular complexity index is 914. The van der Waals surface area contributed by atoms with E-state index in [1.54, 1.807) is 19.5 Å². The Balaban J connectivity index is 1.71. The zero-order chi connectivity index (χ0) is 17.4. The second-order valence-electron chi connectivity index (χ2n) is 6.15. The summed E-state index contributed by atoms with van der Waals surface area (Å²) in [6.45, 7) is 3.43. The highest BCUT2D eigenvalue weighted by molar-refractivity contribution is 6.07. The Labute approximate surface area is 145 Å². The first-order valence-electron chi connectivity index (χ1n) is 8.22. The lowest BCUT2D eigenvalue weighted by atomic mass is 10.1. The number of aromatic amines is 2. The average molecular weight is 340 g/mol. The van der Waals surface area contributed by atoms with Crippen LogP contribution in [0.3, 0.4) is 0 Å². The average Bonchev–Trinajstić information content (AvgIpc) is 3.26. The van der Waals surface area contributed by atoms with Crippen molar-refractivity contribution < 1.29 is 14.3 Å². The number of aryl methyl sites for hydroxylation is 1. The summed E-state index contributed by atoms with van der Waals surface area (Å²) in [5.74, 6) is 1.44. The number of benzene rings is 1. The van der Waals surface area contributed by atoms with Crippen molar-refractivity contribution >= 4 is 16.8 Å². The lowest BCUT2D eigenvalue weighted by Gasteiger charge is -2.34. The molecule has 0 saturated carbocycles. The van der Waals surface area contributed by atoms with Crippen LogP contribution in [-0.2, 0) is 4.74 Å². The van der Waals surface area contributed by atoms with Crippen LogP contribution in [0.25, 0.3) is 10.9 Å². The SMILES string of the molecule is COc1ccc2[nH]cc(C(=O)N3CCOC[C@@H]3c3ncc(C)[nH]3)c2c1. The maximum atomic E-state index is 13.2. The van der Waals surface area contributed by atoms with Crippen LogP contribution in [0, 0.1) is 6.92 Å². The predicted octanol–water partition coefficient (Wildman–Crippen LogP) is 2.42. The minimum absolute atomic E-state index is 0.0399. The number of fused-ring (bicyclic) bond motifs is 1. The molecule has 1 fully saturated rings. The number of rotatable bonds is 3. The van der Waals surface area contributed by atoms with E-state index in [2.05, 4.69) is 15.0 Å². The number of ether oxygens (including phenoxy) is 2. The molecule has 1 aromatic carbocycles. The molecule has 7 heteroatoms. The van der Waals surface area contributed by atoms with Gasteiger partial charge < -0.3 is 24.3 Å². The van der Waals surface area contributed by atoms with Gasteiger partial charge in [0.25, 0.3) is 5.91 Å². The van der Waals surface area contributed by atoms with Crippen LogP contribution < -0.4 is 4.74 Å². The molecule has 3 aromatic rings. The molecule has 25 heavy (non-hydrogen) atoms. The number of carbonyl (C=O) groups is 1. The summed E-state index contributed by atoms with van der Waals surface area (Å²) in [4.78, 5) is 25.8. The number of carbonyl (C=O) groups excluding carboxylic acids is 1. The van der Waals surface area contributed by atoms with E-state index >= 15 is 0 Å². The summed E-state index contributed by atoms with van der Waals surface area (Å²) >= 11 is 0. The summed E-state index contributed by atoms with van der Waals surface area (Å²) in [5.41, 5.74) is 2.50. The van der Waals surface area contributed by atoms with Gasteiger partial charge in [-0.2, -0.15) is 0 Å². The molecule has 0 bridgehead atoms. The van der Waals surface area contributed by atoms with Crippen molar-refractivity contribution in [2.24, 2.45) is 0 Å². The predicted molar refractivity (Wildman–Crippen MR) is 92.8 cm³/mol. The molecule has 7 nitrogen and oxygen atoms in total. The zero-order valence-electron chi connectivity index (χ0n) is 14.2. The molecule has 0 unspecified atom stereocenters. The molecule has 0 radical (unpaired) electrons. The van der Waals surface area contributed by atoms with Crippen molar-refractivity contribution in [2.75, 3.05) is 26.9 Å². The van der Waals surface area contributed by atoms with Crippen LogP contribution in [0.15, 0.2) is 30.6 Å². The minimum Gasteiger partial charge on any atom is -0.497 e. The van der Waals surface area contributed by atoms with Crippen molar-refractivity contribution in [2.45, 2.75) is 13.0 Å². The molecule has 1 atom stereocenters. The van der Waals surface area contributed by atoms with Crippen LogP contribution >= 0.6 is 0 Å². The Morgan fingerprint density at radius 1 is 1.44 bits per heavy atom. The van der Waals surface area contributed by atoms with Crippen molar-refractivity contribution in [3.05, 3.63) is 47.7 Å². The van der Waals surface area contributed by atoms with Gasteiger partial charge in [0.2, 0.25) is 0 Å². The van der Waals surface area contributed by atoms with Gasteiger partial charge in [-0.15, -0.1) is 0 Å². The first kappa shape index (κ1) is 15.7. The Kier molecular flexibility index (Phi) is 3.93. The molecule has 0 spiro atoms. The number of H-pyrrole nitrogens is 2. The third-order valence-corrected chi connectivity index (χ3v) is 4.55. The third-order valence-electron chi connectivity index (χ3n) is 4.55. The molecule has 1 saturated heterocycles. The van der Waals surface area contributed by atoms with Crippen molar-refractivity contribution in [1.82, 2.24) is 19.9 Å². The lowest BCUT2D eigenvalue weighted by Crippen LogP contribution is -2.43. The first-order chi connectivity index (χ1) is 12.2. The van der Waals surface area contributed by atoms with Gasteiger partial charge >= 0.3 is 0 Å². The molecular formula is C18H20N4O3. The fraction of sp³-hybridized carbons (Fsp3) is 0.333. The van der Waals surface area contributed by atoms with E-state index in [0.717, 1.165) is 28.2 Å². The smallest absolute Gasteiger partial charge is 0.256 e. The number of methoxy groups -OCH3 is 1. The molecule has 1 aliphatic heterocycles. The second-order valence-corrected chi connectivity index (χ2v) is 6.15. The van der Waals surface area contributed by atoms with E-state index in [0.29, 0.717) is 25.3 Å². The number of hydrogen-bond acceptors (Lipinski definition) is 4. The van der Waals surface area contributed by atoms with Gasteiger partial charge in [0.05, 0.1) is 25.9 Å². The topological polar surface area (TPSA) is 83.2 Å². The van der Waals surface area contributed by atoms with Gasteiger partial charge in [-0.05, 0) is 25.1 Å². The number of amides is 1. The fourth-order valence-electron chi connectivity index (χ4n) is 3.23. The van der Waals surface area contributed by atoms with Gasteiger partial charge in [0.1, 0.15) is 17.6 Å². The van der Waals surface area contributed by atoms with Gasteiger partial charge in [0.15, 0.2) is 0 Å². The monoisotopic (exact) mass is 340 g/mol. The quantitative estimate of drug-likeness (QED) is 0.767. The highest BCUT2D eigenvalue weighted by Crippen LogP contribution is 2.28. The Morgan fingerprint density at radius 3 is 3.08 bits per heavy atom. The number of aromatic nitrogens is 3. The summed E-state index contributed by atoms with van der Waals surface area (Å²) in [7, 11) is 1.62. The molecule has 4 rings (SSSR count). The van der Waals surface area contributed by atoms with E-state index in [1.807, 2.05) is 30.0 Å². The van der Waals surface area contributed by atoms with Crippen LogP contribution in [0.4, 0.5) is 0 Å². The van der Waals surface area contributed by atoms with Gasteiger partial charge in [-0.25, -0.2) is 4.98 Å². The maximum absolute atomic E-state index is 13.2. The third kappa shape index (κ3) is 2.76. The standard InChI is InChI=1S/C18H20N4O3/c1-11-8-20-17(21-11)16-10-25-6-5-22(16)18(23)14-9-19-15-4-3-12(24-2)7-13(14)15/h3-4,7-9,16,19H,5-6,10H2,1-2H3,(H,20,21)/t16-/m1/s1. The highest BCUT2D eigenvalue weighted by atomic mass is 16.5. The Morgan fingerprint density at radius 2 is 2.32 bits per heavy atom. The van der Waals surface area contributed by atoms with Crippen LogP contribution in [0.1, 0.15) is 27.9 Å². The maximum Gasteiger partial charge on any atom is 0.256 e. The second kappa shape index (κ2) is 6.25. The number of morpholine rings is 1. The van der Waals surface area contributed by atoms with Crippen molar-refractivity contribution in [3.63, 3.8) is 0 Å². The minimum atomic E-state index is -0.217. The summed E-state index contributed by atoms with van der Waals surface area (Å²) < 4.78 is 10.9. The van der Waals surface area contributed by atoms with Crippen LogP contribution in [-0.4, -0.2) is 52.6 Å². The van der Waals surface area contributed by atoms with Crippen molar-refractivity contribution in [1.29, 1.82) is 0 Å². The van der Waals surface area contributed by atoms with Crippen LogP contribution in [0.5, 0.6) is 5.75 Å². The van der Waals surface area contributed by atoms with E-state index in [-0.39, 0.29) is 11.9 Å². The number of hydrogen-bond donors (Lipinski definition) is 2. The lowest BCUT2D eigenvalue weighted by molar-refractivity contribution is -0.00490. The van der Waals surface area contributed by atoms with Crippen LogP contribution in [0.2, 0.25) is 0 Å². The summed E-state index contributed by atoms with van der Waals surface area (Å²) in [6, 6.07) is 5.45. The number of imidazole rings is 1. The molecule has 130 valence electrons. The molecule has 1 aliphatic rings. The van der Waals surface area contributed by atoms with E-state index in [9.17, 15) is 4.79 Å². The Hall–Kier alpha value is -2.80. The van der Waals surface area contributed by atoms with Gasteiger partial charge in [0, 0.05) is 35.5 Å². The van der Waals surface area contributed by atoms with E-state index in [4.69, 9.17) is 9.47 Å². The molecule has 2 aromatic heterocycles. The normalized spacial score (nSPS) is 17.8. The fourth-order valence-corrected chi connectivity index (χ4v) is 3.23. The molecule has 1 amide bonds. The highest BCUT2D eigenvalue weighted by Gasteiger charge is 2.32. The summed E-state index contributed by atoms with van der Waals surface area (Å²) in [6.07, 6.45) is 3.52. The van der Waals surface area contributed by atoms with Gasteiger partial charge in [-0.3, -0.25) is 4.79 Å². The van der Waals surface area contributed by atoms with Gasteiger partial charge in [-0.1, -0.05) is 0 Å².